The molecule has 0 bridgehead atoms. The lowest BCUT2D eigenvalue weighted by Gasteiger charge is -2.20. The highest BCUT2D eigenvalue weighted by molar-refractivity contribution is 5.67. The van der Waals surface area contributed by atoms with E-state index in [2.05, 4.69) is 29.6 Å². The van der Waals surface area contributed by atoms with Crippen LogP contribution in [0, 0.1) is 6.92 Å². The molecule has 1 rings (SSSR count). The van der Waals surface area contributed by atoms with Gasteiger partial charge in [-0.3, -0.25) is 0 Å². The van der Waals surface area contributed by atoms with Crippen molar-refractivity contribution in [3.05, 3.63) is 35.4 Å². The standard InChI is InChI=1S/C15H24N2O2/c1-11-5-7-12(8-6-11)9-13(16)10-17-14(18)19-15(2,3)4/h5-8,13H,9-10,16H2,1-4H3,(H,17,18). The number of amides is 1. The van der Waals surface area contributed by atoms with Gasteiger partial charge in [0.2, 0.25) is 0 Å². The molecule has 19 heavy (non-hydrogen) atoms. The average molecular weight is 264 g/mol. The minimum atomic E-state index is -0.481. The largest absolute Gasteiger partial charge is 0.444 e. The molecule has 4 heteroatoms. The summed E-state index contributed by atoms with van der Waals surface area (Å²) < 4.78 is 5.15. The van der Waals surface area contributed by atoms with E-state index in [1.165, 1.54) is 11.1 Å². The maximum absolute atomic E-state index is 11.5. The molecule has 0 aliphatic heterocycles. The molecule has 0 saturated carbocycles. The molecule has 0 aliphatic carbocycles. The summed E-state index contributed by atoms with van der Waals surface area (Å²) in [6, 6.07) is 8.12. The van der Waals surface area contributed by atoms with Crippen LogP contribution in [0.2, 0.25) is 0 Å². The fourth-order valence-corrected chi connectivity index (χ4v) is 1.63. The number of benzene rings is 1. The molecule has 1 unspecified atom stereocenters. The van der Waals surface area contributed by atoms with E-state index in [9.17, 15) is 4.79 Å². The van der Waals surface area contributed by atoms with Crippen LogP contribution in [0.1, 0.15) is 31.9 Å². The summed E-state index contributed by atoms with van der Waals surface area (Å²) in [6.45, 7) is 7.95. The van der Waals surface area contributed by atoms with Crippen molar-refractivity contribution in [3.8, 4) is 0 Å². The fraction of sp³-hybridized carbons (Fsp3) is 0.533. The van der Waals surface area contributed by atoms with E-state index in [-0.39, 0.29) is 6.04 Å². The maximum Gasteiger partial charge on any atom is 0.407 e. The third kappa shape index (κ3) is 6.82. The molecule has 1 aromatic rings. The van der Waals surface area contributed by atoms with Crippen molar-refractivity contribution in [2.24, 2.45) is 5.73 Å². The van der Waals surface area contributed by atoms with Crippen LogP contribution in [-0.2, 0) is 11.2 Å². The number of aryl methyl sites for hydroxylation is 1. The summed E-state index contributed by atoms with van der Waals surface area (Å²) in [7, 11) is 0. The van der Waals surface area contributed by atoms with Gasteiger partial charge in [0, 0.05) is 12.6 Å². The lowest BCUT2D eigenvalue weighted by Crippen LogP contribution is -2.41. The van der Waals surface area contributed by atoms with Crippen LogP contribution in [0.15, 0.2) is 24.3 Å². The van der Waals surface area contributed by atoms with Crippen LogP contribution in [0.5, 0.6) is 0 Å². The molecule has 0 aromatic heterocycles. The van der Waals surface area contributed by atoms with Crippen LogP contribution >= 0.6 is 0 Å². The molecule has 106 valence electrons. The summed E-state index contributed by atoms with van der Waals surface area (Å²) in [5, 5.41) is 2.68. The number of alkyl carbamates (subject to hydrolysis) is 1. The van der Waals surface area contributed by atoms with Gasteiger partial charge in [-0.05, 0) is 39.7 Å². The van der Waals surface area contributed by atoms with Crippen LogP contribution in [0.4, 0.5) is 4.79 Å². The molecule has 4 nitrogen and oxygen atoms in total. The van der Waals surface area contributed by atoms with E-state index in [1.54, 1.807) is 0 Å². The van der Waals surface area contributed by atoms with Crippen molar-refractivity contribution in [3.63, 3.8) is 0 Å². The summed E-state index contributed by atoms with van der Waals surface area (Å²) in [5.74, 6) is 0. The monoisotopic (exact) mass is 264 g/mol. The highest BCUT2D eigenvalue weighted by atomic mass is 16.6. The minimum Gasteiger partial charge on any atom is -0.444 e. The Morgan fingerprint density at radius 2 is 1.89 bits per heavy atom. The van der Waals surface area contributed by atoms with Crippen LogP contribution in [0.25, 0.3) is 0 Å². The molecular formula is C15H24N2O2. The minimum absolute atomic E-state index is 0.116. The lowest BCUT2D eigenvalue weighted by molar-refractivity contribution is 0.0524. The molecule has 1 amide bonds. The molecular weight excluding hydrogens is 240 g/mol. The van der Waals surface area contributed by atoms with Gasteiger partial charge in [-0.1, -0.05) is 29.8 Å². The van der Waals surface area contributed by atoms with Crippen LogP contribution < -0.4 is 11.1 Å². The summed E-state index contributed by atoms with van der Waals surface area (Å²) in [5.41, 5.74) is 7.90. The summed E-state index contributed by atoms with van der Waals surface area (Å²) in [4.78, 5) is 11.5. The predicted octanol–water partition coefficient (Wildman–Crippen LogP) is 2.39. The Morgan fingerprint density at radius 1 is 1.32 bits per heavy atom. The van der Waals surface area contributed by atoms with Gasteiger partial charge in [0.1, 0.15) is 5.60 Å². The first-order valence-corrected chi connectivity index (χ1v) is 6.54. The highest BCUT2D eigenvalue weighted by Gasteiger charge is 2.16. The van der Waals surface area contributed by atoms with Gasteiger partial charge in [0.15, 0.2) is 0 Å². The van der Waals surface area contributed by atoms with Gasteiger partial charge < -0.3 is 15.8 Å². The Bertz CT molecular complexity index is 407. The second-order valence-electron chi connectivity index (χ2n) is 5.83. The zero-order valence-corrected chi connectivity index (χ0v) is 12.2. The second-order valence-corrected chi connectivity index (χ2v) is 5.83. The number of carbonyl (C=O) groups is 1. The number of rotatable bonds is 4. The predicted molar refractivity (Wildman–Crippen MR) is 77.1 cm³/mol. The van der Waals surface area contributed by atoms with Gasteiger partial charge in [-0.15, -0.1) is 0 Å². The van der Waals surface area contributed by atoms with Crippen molar-refractivity contribution in [1.82, 2.24) is 5.32 Å². The number of carbonyl (C=O) groups excluding carboxylic acids is 1. The molecule has 1 aromatic carbocycles. The quantitative estimate of drug-likeness (QED) is 0.877. The number of hydrogen-bond acceptors (Lipinski definition) is 3. The first-order valence-electron chi connectivity index (χ1n) is 6.54. The first-order chi connectivity index (χ1) is 8.76. The number of hydrogen-bond donors (Lipinski definition) is 2. The number of nitrogens with one attached hydrogen (secondary N) is 1. The van der Waals surface area contributed by atoms with Gasteiger partial charge >= 0.3 is 6.09 Å². The Balaban J connectivity index is 2.33. The highest BCUT2D eigenvalue weighted by Crippen LogP contribution is 2.07. The van der Waals surface area contributed by atoms with Gasteiger partial charge in [-0.25, -0.2) is 4.79 Å². The Labute approximate surface area is 115 Å². The number of ether oxygens (including phenoxy) is 1. The van der Waals surface area contributed by atoms with E-state index < -0.39 is 11.7 Å². The van der Waals surface area contributed by atoms with Crippen LogP contribution in [-0.4, -0.2) is 24.3 Å². The van der Waals surface area contributed by atoms with Gasteiger partial charge in [-0.2, -0.15) is 0 Å². The topological polar surface area (TPSA) is 64.3 Å². The third-order valence-corrected chi connectivity index (χ3v) is 2.53. The SMILES string of the molecule is Cc1ccc(CC(N)CNC(=O)OC(C)(C)C)cc1. The van der Waals surface area contributed by atoms with Crippen molar-refractivity contribution in [1.29, 1.82) is 0 Å². The molecule has 0 spiro atoms. The van der Waals surface area contributed by atoms with E-state index >= 15 is 0 Å². The van der Waals surface area contributed by atoms with E-state index in [0.29, 0.717) is 6.54 Å². The summed E-state index contributed by atoms with van der Waals surface area (Å²) in [6.07, 6.45) is 0.308. The molecule has 0 fully saturated rings. The average Bonchev–Trinajstić information content (AvgIpc) is 2.27. The van der Waals surface area contributed by atoms with E-state index in [0.717, 1.165) is 6.42 Å². The lowest BCUT2D eigenvalue weighted by atomic mass is 10.1. The second kappa shape index (κ2) is 6.57. The normalized spacial score (nSPS) is 12.9. The Hall–Kier alpha value is -1.55. The Morgan fingerprint density at radius 3 is 2.42 bits per heavy atom. The molecule has 1 atom stereocenters. The molecule has 0 heterocycles. The third-order valence-electron chi connectivity index (χ3n) is 2.53. The molecule has 0 radical (unpaired) electrons. The van der Waals surface area contributed by atoms with Crippen molar-refractivity contribution in [2.75, 3.05) is 6.54 Å². The number of nitrogens with two attached hydrogens (primary N) is 1. The van der Waals surface area contributed by atoms with Gasteiger partial charge in [0.05, 0.1) is 0 Å². The molecule has 3 N–H and O–H groups in total. The van der Waals surface area contributed by atoms with Crippen molar-refractivity contribution >= 4 is 6.09 Å². The van der Waals surface area contributed by atoms with E-state index in [4.69, 9.17) is 10.5 Å². The maximum atomic E-state index is 11.5. The van der Waals surface area contributed by atoms with Crippen molar-refractivity contribution < 1.29 is 9.53 Å². The Kier molecular flexibility index (Phi) is 5.36. The first kappa shape index (κ1) is 15.5. The fourth-order valence-electron chi connectivity index (χ4n) is 1.63. The van der Waals surface area contributed by atoms with Crippen molar-refractivity contribution in [2.45, 2.75) is 45.8 Å². The summed E-state index contributed by atoms with van der Waals surface area (Å²) >= 11 is 0. The van der Waals surface area contributed by atoms with E-state index in [1.807, 2.05) is 27.7 Å². The van der Waals surface area contributed by atoms with Crippen LogP contribution in [0.3, 0.4) is 0 Å². The smallest absolute Gasteiger partial charge is 0.407 e. The zero-order valence-electron chi connectivity index (χ0n) is 12.2. The molecule has 0 aliphatic rings. The van der Waals surface area contributed by atoms with Gasteiger partial charge in [0.25, 0.3) is 0 Å². The molecule has 0 saturated heterocycles. The zero-order chi connectivity index (χ0) is 14.5.